The molecule has 0 spiro atoms. The van der Waals surface area contributed by atoms with Crippen LogP contribution < -0.4 is 10.2 Å². The lowest BCUT2D eigenvalue weighted by Crippen LogP contribution is -2.52. The molecule has 1 aromatic carbocycles. The van der Waals surface area contributed by atoms with Crippen molar-refractivity contribution in [1.82, 2.24) is 20.2 Å². The van der Waals surface area contributed by atoms with Gasteiger partial charge in [0.25, 0.3) is 0 Å². The van der Waals surface area contributed by atoms with Gasteiger partial charge in [-0.05, 0) is 18.1 Å². The monoisotopic (exact) mass is 311 g/mol. The number of carbonyl (C=O) groups is 1. The first-order chi connectivity index (χ1) is 11.3. The molecule has 1 fully saturated rings. The van der Waals surface area contributed by atoms with Crippen molar-refractivity contribution in [1.29, 1.82) is 0 Å². The van der Waals surface area contributed by atoms with E-state index in [1.807, 2.05) is 23.1 Å². The van der Waals surface area contributed by atoms with E-state index < -0.39 is 0 Å². The molecule has 1 aliphatic rings. The van der Waals surface area contributed by atoms with E-state index in [1.165, 1.54) is 5.56 Å². The highest BCUT2D eigenvalue weighted by Gasteiger charge is 2.21. The van der Waals surface area contributed by atoms with Crippen molar-refractivity contribution in [2.45, 2.75) is 6.42 Å². The van der Waals surface area contributed by atoms with Gasteiger partial charge in [0.15, 0.2) is 0 Å². The fraction of sp³-hybridized carbons (Fsp3) is 0.353. The van der Waals surface area contributed by atoms with Crippen LogP contribution in [0.5, 0.6) is 0 Å². The fourth-order valence-electron chi connectivity index (χ4n) is 2.63. The highest BCUT2D eigenvalue weighted by molar-refractivity contribution is 5.74. The molecule has 0 atom stereocenters. The van der Waals surface area contributed by atoms with Crippen molar-refractivity contribution >= 4 is 12.0 Å². The van der Waals surface area contributed by atoms with Gasteiger partial charge >= 0.3 is 6.03 Å². The van der Waals surface area contributed by atoms with Crippen molar-refractivity contribution in [2.24, 2.45) is 0 Å². The zero-order valence-electron chi connectivity index (χ0n) is 13.1. The molecule has 1 saturated heterocycles. The molecule has 2 amide bonds. The molecule has 0 bridgehead atoms. The summed E-state index contributed by atoms with van der Waals surface area (Å²) in [6.07, 6.45) is 4.33. The van der Waals surface area contributed by atoms with E-state index in [-0.39, 0.29) is 6.03 Å². The van der Waals surface area contributed by atoms with Crippen molar-refractivity contribution in [3.05, 3.63) is 54.4 Å². The van der Waals surface area contributed by atoms with Crippen LogP contribution in [0.3, 0.4) is 0 Å². The minimum absolute atomic E-state index is 0.00885. The minimum Gasteiger partial charge on any atom is -0.338 e. The summed E-state index contributed by atoms with van der Waals surface area (Å²) in [6.45, 7) is 3.56. The Morgan fingerprint density at radius 1 is 1.00 bits per heavy atom. The number of piperazine rings is 1. The van der Waals surface area contributed by atoms with Crippen LogP contribution in [0.4, 0.5) is 10.7 Å². The molecule has 0 aliphatic carbocycles. The molecule has 6 heteroatoms. The van der Waals surface area contributed by atoms with Gasteiger partial charge in [-0.3, -0.25) is 0 Å². The lowest BCUT2D eigenvalue weighted by molar-refractivity contribution is 0.194. The normalized spacial score (nSPS) is 14.6. The topological polar surface area (TPSA) is 61.4 Å². The number of nitrogens with one attached hydrogen (secondary N) is 1. The van der Waals surface area contributed by atoms with E-state index in [4.69, 9.17) is 0 Å². The molecule has 6 nitrogen and oxygen atoms in total. The Balaban J connectivity index is 1.41. The summed E-state index contributed by atoms with van der Waals surface area (Å²) in [5.41, 5.74) is 1.24. The van der Waals surface area contributed by atoms with E-state index in [0.717, 1.165) is 25.5 Å². The number of carbonyl (C=O) groups excluding carboxylic acids is 1. The molecule has 2 aromatic rings. The predicted molar refractivity (Wildman–Crippen MR) is 89.4 cm³/mol. The molecule has 2 heterocycles. The summed E-state index contributed by atoms with van der Waals surface area (Å²) < 4.78 is 0. The highest BCUT2D eigenvalue weighted by Crippen LogP contribution is 2.09. The van der Waals surface area contributed by atoms with E-state index in [2.05, 4.69) is 32.3 Å². The first kappa shape index (κ1) is 15.3. The molecule has 23 heavy (non-hydrogen) atoms. The third kappa shape index (κ3) is 4.18. The van der Waals surface area contributed by atoms with Crippen molar-refractivity contribution < 1.29 is 4.79 Å². The number of rotatable bonds is 4. The standard InChI is InChI=1S/C17H21N5O/c23-17(20-10-7-15-5-2-1-3-6-15)22-13-11-21(12-14-22)16-18-8-4-9-19-16/h1-6,8-9H,7,10-14H2,(H,20,23). The zero-order chi connectivity index (χ0) is 15.9. The van der Waals surface area contributed by atoms with Crippen LogP contribution in [0, 0.1) is 0 Å². The Labute approximate surface area is 136 Å². The van der Waals surface area contributed by atoms with Gasteiger partial charge in [0.05, 0.1) is 0 Å². The molecule has 1 aliphatic heterocycles. The lowest BCUT2D eigenvalue weighted by atomic mass is 10.1. The quantitative estimate of drug-likeness (QED) is 0.930. The zero-order valence-corrected chi connectivity index (χ0v) is 13.1. The van der Waals surface area contributed by atoms with Crippen LogP contribution in [0.1, 0.15) is 5.56 Å². The average molecular weight is 311 g/mol. The van der Waals surface area contributed by atoms with Crippen LogP contribution in [0.15, 0.2) is 48.8 Å². The van der Waals surface area contributed by atoms with Gasteiger partial charge in [-0.2, -0.15) is 0 Å². The molecular weight excluding hydrogens is 290 g/mol. The second kappa shape index (κ2) is 7.58. The number of benzene rings is 1. The molecule has 0 radical (unpaired) electrons. The number of anilines is 1. The highest BCUT2D eigenvalue weighted by atomic mass is 16.2. The van der Waals surface area contributed by atoms with Gasteiger partial charge in [0.2, 0.25) is 5.95 Å². The van der Waals surface area contributed by atoms with Crippen LogP contribution in [0.2, 0.25) is 0 Å². The number of nitrogens with zero attached hydrogens (tertiary/aromatic N) is 4. The third-order valence-electron chi connectivity index (χ3n) is 3.93. The SMILES string of the molecule is O=C(NCCc1ccccc1)N1CCN(c2ncccn2)CC1. The lowest BCUT2D eigenvalue weighted by Gasteiger charge is -2.34. The van der Waals surface area contributed by atoms with E-state index in [9.17, 15) is 4.79 Å². The molecule has 1 N–H and O–H groups in total. The Hall–Kier alpha value is -2.63. The van der Waals surface area contributed by atoms with E-state index in [0.29, 0.717) is 19.6 Å². The molecule has 0 unspecified atom stereocenters. The fourth-order valence-corrected chi connectivity index (χ4v) is 2.63. The van der Waals surface area contributed by atoms with Crippen LogP contribution in [-0.2, 0) is 6.42 Å². The number of aromatic nitrogens is 2. The van der Waals surface area contributed by atoms with Crippen LogP contribution >= 0.6 is 0 Å². The molecule has 120 valence electrons. The predicted octanol–water partition coefficient (Wildman–Crippen LogP) is 1.55. The van der Waals surface area contributed by atoms with Crippen LogP contribution in [0.25, 0.3) is 0 Å². The van der Waals surface area contributed by atoms with Gasteiger partial charge < -0.3 is 15.1 Å². The first-order valence-corrected chi connectivity index (χ1v) is 7.91. The Morgan fingerprint density at radius 3 is 2.39 bits per heavy atom. The van der Waals surface area contributed by atoms with Gasteiger partial charge in [-0.25, -0.2) is 14.8 Å². The summed E-state index contributed by atoms with van der Waals surface area (Å²) in [5.74, 6) is 0.733. The van der Waals surface area contributed by atoms with Crippen LogP contribution in [-0.4, -0.2) is 53.6 Å². The summed E-state index contributed by atoms with van der Waals surface area (Å²) in [4.78, 5) is 24.7. The number of amides is 2. The smallest absolute Gasteiger partial charge is 0.317 e. The maximum atomic E-state index is 12.2. The van der Waals surface area contributed by atoms with Crippen molar-refractivity contribution in [3.8, 4) is 0 Å². The van der Waals surface area contributed by atoms with Crippen molar-refractivity contribution in [3.63, 3.8) is 0 Å². The summed E-state index contributed by atoms with van der Waals surface area (Å²) in [5, 5.41) is 2.99. The molecule has 3 rings (SSSR count). The third-order valence-corrected chi connectivity index (χ3v) is 3.93. The van der Waals surface area contributed by atoms with Crippen molar-refractivity contribution in [2.75, 3.05) is 37.6 Å². The number of hydrogen-bond donors (Lipinski definition) is 1. The Kier molecular flexibility index (Phi) is 5.03. The second-order valence-electron chi connectivity index (χ2n) is 5.49. The maximum Gasteiger partial charge on any atom is 0.317 e. The van der Waals surface area contributed by atoms with Gasteiger partial charge in [0.1, 0.15) is 0 Å². The molecular formula is C17H21N5O. The summed E-state index contributed by atoms with van der Waals surface area (Å²) in [7, 11) is 0. The minimum atomic E-state index is 0.00885. The average Bonchev–Trinajstić information content (AvgIpc) is 2.63. The largest absolute Gasteiger partial charge is 0.338 e. The first-order valence-electron chi connectivity index (χ1n) is 7.91. The number of hydrogen-bond acceptors (Lipinski definition) is 4. The van der Waals surface area contributed by atoms with Gasteiger partial charge in [0, 0.05) is 45.1 Å². The summed E-state index contributed by atoms with van der Waals surface area (Å²) >= 11 is 0. The van der Waals surface area contributed by atoms with E-state index in [1.54, 1.807) is 18.5 Å². The molecule has 0 saturated carbocycles. The van der Waals surface area contributed by atoms with E-state index >= 15 is 0 Å². The maximum absolute atomic E-state index is 12.2. The molecule has 1 aromatic heterocycles. The van der Waals surface area contributed by atoms with Gasteiger partial charge in [-0.1, -0.05) is 30.3 Å². The Morgan fingerprint density at radius 2 is 1.70 bits per heavy atom. The summed E-state index contributed by atoms with van der Waals surface area (Å²) in [6, 6.07) is 12.0. The van der Waals surface area contributed by atoms with Gasteiger partial charge in [-0.15, -0.1) is 0 Å². The number of urea groups is 1. The second-order valence-corrected chi connectivity index (χ2v) is 5.49. The Bertz CT molecular complexity index is 611.